The summed E-state index contributed by atoms with van der Waals surface area (Å²) in [6.45, 7) is -0.0316. The standard InChI is InChI=1S/C14H17ClN2O4/c15-10-3-5-11(6-4-10)17(8-13(19)20)14(21)16-7-1-2-12(16)9-18/h3-6,12,18H,1-2,7-9H2,(H,19,20). The Labute approximate surface area is 127 Å². The lowest BCUT2D eigenvalue weighted by Gasteiger charge is -2.30. The molecule has 2 rings (SSSR count). The van der Waals surface area contributed by atoms with Crippen molar-refractivity contribution < 1.29 is 19.8 Å². The number of anilines is 1. The fraction of sp³-hybridized carbons (Fsp3) is 0.429. The van der Waals surface area contributed by atoms with Crippen LogP contribution in [0, 0.1) is 0 Å². The molecule has 1 aliphatic rings. The fourth-order valence-corrected chi connectivity index (χ4v) is 2.58. The molecule has 0 aromatic heterocycles. The van der Waals surface area contributed by atoms with Crippen LogP contribution in [0.4, 0.5) is 10.5 Å². The highest BCUT2D eigenvalue weighted by Gasteiger charge is 2.32. The maximum atomic E-state index is 12.6. The predicted molar refractivity (Wildman–Crippen MR) is 78.6 cm³/mol. The summed E-state index contributed by atoms with van der Waals surface area (Å²) >= 11 is 5.81. The first-order valence-electron chi connectivity index (χ1n) is 6.69. The van der Waals surface area contributed by atoms with Crippen molar-refractivity contribution in [2.75, 3.05) is 24.6 Å². The molecule has 2 N–H and O–H groups in total. The largest absolute Gasteiger partial charge is 0.480 e. The third-order valence-corrected chi connectivity index (χ3v) is 3.75. The summed E-state index contributed by atoms with van der Waals surface area (Å²) in [5, 5.41) is 18.8. The first kappa shape index (κ1) is 15.6. The van der Waals surface area contributed by atoms with E-state index in [4.69, 9.17) is 16.7 Å². The molecule has 1 aromatic rings. The van der Waals surface area contributed by atoms with Crippen LogP contribution >= 0.6 is 11.6 Å². The van der Waals surface area contributed by atoms with Crippen molar-refractivity contribution in [1.29, 1.82) is 0 Å². The molecule has 0 aliphatic carbocycles. The van der Waals surface area contributed by atoms with E-state index in [1.165, 1.54) is 9.80 Å². The monoisotopic (exact) mass is 312 g/mol. The van der Waals surface area contributed by atoms with Gasteiger partial charge in [-0.2, -0.15) is 0 Å². The lowest BCUT2D eigenvalue weighted by molar-refractivity contribution is -0.135. The lowest BCUT2D eigenvalue weighted by atomic mass is 10.2. The van der Waals surface area contributed by atoms with E-state index in [1.807, 2.05) is 0 Å². The Morgan fingerprint density at radius 1 is 1.33 bits per heavy atom. The molecule has 1 heterocycles. The molecule has 0 radical (unpaired) electrons. The zero-order chi connectivity index (χ0) is 15.4. The molecule has 1 unspecified atom stereocenters. The summed E-state index contributed by atoms with van der Waals surface area (Å²) in [7, 11) is 0. The van der Waals surface area contributed by atoms with Gasteiger partial charge < -0.3 is 15.1 Å². The molecular formula is C14H17ClN2O4. The molecule has 21 heavy (non-hydrogen) atoms. The minimum Gasteiger partial charge on any atom is -0.480 e. The average Bonchev–Trinajstić information content (AvgIpc) is 2.93. The number of carbonyl (C=O) groups is 2. The zero-order valence-electron chi connectivity index (χ0n) is 11.4. The molecule has 1 aromatic carbocycles. The first-order chi connectivity index (χ1) is 10.0. The average molecular weight is 313 g/mol. The van der Waals surface area contributed by atoms with Gasteiger partial charge in [0.1, 0.15) is 6.54 Å². The zero-order valence-corrected chi connectivity index (χ0v) is 12.2. The predicted octanol–water partition coefficient (Wildman–Crippen LogP) is 1.81. The van der Waals surface area contributed by atoms with Crippen molar-refractivity contribution in [1.82, 2.24) is 4.90 Å². The van der Waals surface area contributed by atoms with Crippen LogP contribution in [0.3, 0.4) is 0 Å². The van der Waals surface area contributed by atoms with Gasteiger partial charge in [-0.25, -0.2) is 4.79 Å². The Bertz CT molecular complexity index is 520. The molecule has 1 aliphatic heterocycles. The molecule has 1 saturated heterocycles. The topological polar surface area (TPSA) is 81.1 Å². The van der Waals surface area contributed by atoms with Crippen LogP contribution in [0.2, 0.25) is 5.02 Å². The van der Waals surface area contributed by atoms with Crippen LogP contribution < -0.4 is 4.90 Å². The Hall–Kier alpha value is -1.79. The van der Waals surface area contributed by atoms with Gasteiger partial charge in [0.2, 0.25) is 0 Å². The SMILES string of the molecule is O=C(O)CN(C(=O)N1CCCC1CO)c1ccc(Cl)cc1. The van der Waals surface area contributed by atoms with Gasteiger partial charge in [0.25, 0.3) is 0 Å². The van der Waals surface area contributed by atoms with Crippen LogP contribution in [-0.2, 0) is 4.79 Å². The number of aliphatic hydroxyl groups excluding tert-OH is 1. The van der Waals surface area contributed by atoms with E-state index in [2.05, 4.69) is 0 Å². The number of nitrogens with zero attached hydrogens (tertiary/aromatic N) is 2. The number of carbonyl (C=O) groups excluding carboxylic acids is 1. The number of urea groups is 1. The van der Waals surface area contributed by atoms with Gasteiger partial charge in [-0.05, 0) is 37.1 Å². The van der Waals surface area contributed by atoms with Gasteiger partial charge in [-0.3, -0.25) is 9.69 Å². The molecule has 1 atom stereocenters. The molecule has 2 amide bonds. The third-order valence-electron chi connectivity index (χ3n) is 3.50. The Kier molecular flexibility index (Phi) is 5.03. The number of amides is 2. The van der Waals surface area contributed by atoms with E-state index < -0.39 is 18.5 Å². The minimum absolute atomic E-state index is 0.118. The number of likely N-dealkylation sites (tertiary alicyclic amines) is 1. The number of aliphatic carboxylic acids is 1. The second kappa shape index (κ2) is 6.78. The highest BCUT2D eigenvalue weighted by molar-refractivity contribution is 6.30. The minimum atomic E-state index is -1.10. The first-order valence-corrected chi connectivity index (χ1v) is 7.07. The number of carboxylic acids is 1. The van der Waals surface area contributed by atoms with E-state index in [-0.39, 0.29) is 12.6 Å². The van der Waals surface area contributed by atoms with E-state index in [9.17, 15) is 14.7 Å². The van der Waals surface area contributed by atoms with Gasteiger partial charge in [0, 0.05) is 17.3 Å². The molecule has 1 fully saturated rings. The molecule has 0 spiro atoms. The van der Waals surface area contributed by atoms with Crippen LogP contribution in [0.25, 0.3) is 0 Å². The number of rotatable bonds is 4. The quantitative estimate of drug-likeness (QED) is 0.888. The highest BCUT2D eigenvalue weighted by atomic mass is 35.5. The van der Waals surface area contributed by atoms with Crippen LogP contribution in [0.15, 0.2) is 24.3 Å². The van der Waals surface area contributed by atoms with Crippen molar-refractivity contribution in [3.8, 4) is 0 Å². The van der Waals surface area contributed by atoms with Gasteiger partial charge in [-0.15, -0.1) is 0 Å². The number of aliphatic hydroxyl groups is 1. The summed E-state index contributed by atoms with van der Waals surface area (Å²) in [5.74, 6) is -1.10. The van der Waals surface area contributed by atoms with Crippen LogP contribution in [0.1, 0.15) is 12.8 Å². The van der Waals surface area contributed by atoms with Gasteiger partial charge >= 0.3 is 12.0 Å². The smallest absolute Gasteiger partial charge is 0.325 e. The van der Waals surface area contributed by atoms with Gasteiger partial charge in [0.15, 0.2) is 0 Å². The highest BCUT2D eigenvalue weighted by Crippen LogP contribution is 2.23. The number of halogens is 1. The summed E-state index contributed by atoms with van der Waals surface area (Å²) in [6.07, 6.45) is 1.53. The Balaban J connectivity index is 2.24. The maximum Gasteiger partial charge on any atom is 0.325 e. The Morgan fingerprint density at radius 3 is 2.57 bits per heavy atom. The molecule has 7 heteroatoms. The van der Waals surface area contributed by atoms with Gasteiger partial charge in [0.05, 0.1) is 12.6 Å². The molecule has 0 saturated carbocycles. The Morgan fingerprint density at radius 2 is 2.00 bits per heavy atom. The van der Waals surface area contributed by atoms with Crippen molar-refractivity contribution in [3.63, 3.8) is 0 Å². The fourth-order valence-electron chi connectivity index (χ4n) is 2.46. The third kappa shape index (κ3) is 3.65. The lowest BCUT2D eigenvalue weighted by Crippen LogP contribution is -2.48. The molecule has 6 nitrogen and oxygen atoms in total. The maximum absolute atomic E-state index is 12.6. The number of hydrogen-bond acceptors (Lipinski definition) is 3. The number of benzene rings is 1. The van der Waals surface area contributed by atoms with E-state index >= 15 is 0 Å². The van der Waals surface area contributed by atoms with Gasteiger partial charge in [-0.1, -0.05) is 11.6 Å². The molecule has 0 bridgehead atoms. The second-order valence-corrected chi connectivity index (χ2v) is 5.35. The van der Waals surface area contributed by atoms with Crippen molar-refractivity contribution in [2.24, 2.45) is 0 Å². The van der Waals surface area contributed by atoms with E-state index in [0.717, 1.165) is 12.8 Å². The number of carboxylic acid groups (broad SMARTS) is 1. The summed E-state index contributed by atoms with van der Waals surface area (Å²) in [4.78, 5) is 26.3. The normalized spacial score (nSPS) is 17.8. The number of hydrogen-bond donors (Lipinski definition) is 2. The molecule has 114 valence electrons. The summed E-state index contributed by atoms with van der Waals surface area (Å²) < 4.78 is 0. The second-order valence-electron chi connectivity index (χ2n) is 4.91. The van der Waals surface area contributed by atoms with Crippen molar-refractivity contribution in [3.05, 3.63) is 29.3 Å². The van der Waals surface area contributed by atoms with Crippen LogP contribution in [-0.4, -0.2) is 52.9 Å². The van der Waals surface area contributed by atoms with Crippen molar-refractivity contribution in [2.45, 2.75) is 18.9 Å². The van der Waals surface area contributed by atoms with E-state index in [1.54, 1.807) is 24.3 Å². The summed E-state index contributed by atoms with van der Waals surface area (Å²) in [6, 6.07) is 5.76. The van der Waals surface area contributed by atoms with E-state index in [0.29, 0.717) is 17.3 Å². The van der Waals surface area contributed by atoms with Crippen LogP contribution in [0.5, 0.6) is 0 Å². The summed E-state index contributed by atoms with van der Waals surface area (Å²) in [5.41, 5.74) is 0.468. The molecular weight excluding hydrogens is 296 g/mol. The van der Waals surface area contributed by atoms with Crippen molar-refractivity contribution >= 4 is 29.3 Å².